The minimum atomic E-state index is 0.533. The van der Waals surface area contributed by atoms with Crippen LogP contribution in [0, 0.1) is 0 Å². The summed E-state index contributed by atoms with van der Waals surface area (Å²) in [6, 6.07) is 9.64. The maximum Gasteiger partial charge on any atom is 0.191 e. The van der Waals surface area contributed by atoms with Crippen molar-refractivity contribution in [1.29, 1.82) is 0 Å². The molecule has 0 spiro atoms. The molecule has 0 aliphatic carbocycles. The first-order valence-corrected chi connectivity index (χ1v) is 11.8. The molecule has 2 heterocycles. The van der Waals surface area contributed by atoms with E-state index in [4.69, 9.17) is 0 Å². The molecule has 2 saturated heterocycles. The quantitative estimate of drug-likeness (QED) is 0.543. The van der Waals surface area contributed by atoms with E-state index in [0.29, 0.717) is 6.04 Å². The predicted octanol–water partition coefficient (Wildman–Crippen LogP) is 3.60. The second kappa shape index (κ2) is 12.2. The van der Waals surface area contributed by atoms with Crippen molar-refractivity contribution in [2.75, 3.05) is 39.8 Å². The molecule has 29 heavy (non-hydrogen) atoms. The van der Waals surface area contributed by atoms with Crippen molar-refractivity contribution >= 4 is 5.96 Å². The summed E-state index contributed by atoms with van der Waals surface area (Å²) in [5, 5.41) is 7.11. The zero-order valence-corrected chi connectivity index (χ0v) is 18.6. The topological polar surface area (TPSA) is 42.9 Å². The number of nitrogens with zero attached hydrogens (tertiary/aromatic N) is 3. The number of nitrogens with one attached hydrogen (secondary N) is 2. The highest BCUT2D eigenvalue weighted by Gasteiger charge is 2.19. The van der Waals surface area contributed by atoms with Crippen LogP contribution < -0.4 is 10.6 Å². The van der Waals surface area contributed by atoms with Gasteiger partial charge in [0.05, 0.1) is 0 Å². The minimum absolute atomic E-state index is 0.533. The lowest BCUT2D eigenvalue weighted by Gasteiger charge is -2.32. The summed E-state index contributed by atoms with van der Waals surface area (Å²) in [4.78, 5) is 9.61. The maximum atomic E-state index is 4.43. The van der Waals surface area contributed by atoms with Gasteiger partial charge in [-0.05, 0) is 62.9 Å². The fourth-order valence-electron chi connectivity index (χ4n) is 4.51. The Morgan fingerprint density at radius 1 is 0.931 bits per heavy atom. The second-order valence-electron chi connectivity index (χ2n) is 8.69. The van der Waals surface area contributed by atoms with E-state index < -0.39 is 0 Å². The lowest BCUT2D eigenvalue weighted by atomic mass is 10.1. The number of piperidine rings is 1. The van der Waals surface area contributed by atoms with Crippen LogP contribution in [-0.4, -0.2) is 61.6 Å². The molecule has 0 unspecified atom stereocenters. The van der Waals surface area contributed by atoms with E-state index in [1.807, 2.05) is 7.05 Å². The Morgan fingerprint density at radius 3 is 2.21 bits per heavy atom. The first-order chi connectivity index (χ1) is 14.3. The van der Waals surface area contributed by atoms with Gasteiger partial charge in [-0.15, -0.1) is 0 Å². The summed E-state index contributed by atoms with van der Waals surface area (Å²) in [7, 11) is 1.87. The molecule has 162 valence electrons. The predicted molar refractivity (Wildman–Crippen MR) is 123 cm³/mol. The van der Waals surface area contributed by atoms with Gasteiger partial charge in [0.15, 0.2) is 5.96 Å². The van der Waals surface area contributed by atoms with Crippen LogP contribution in [0.3, 0.4) is 0 Å². The van der Waals surface area contributed by atoms with Crippen LogP contribution in [0.2, 0.25) is 0 Å². The molecule has 0 saturated carbocycles. The number of rotatable bonds is 7. The summed E-state index contributed by atoms with van der Waals surface area (Å²) < 4.78 is 0. The lowest BCUT2D eigenvalue weighted by Crippen LogP contribution is -2.48. The van der Waals surface area contributed by atoms with Crippen LogP contribution in [0.5, 0.6) is 0 Å². The lowest BCUT2D eigenvalue weighted by molar-refractivity contribution is 0.206. The highest BCUT2D eigenvalue weighted by atomic mass is 15.2. The van der Waals surface area contributed by atoms with Crippen molar-refractivity contribution in [2.24, 2.45) is 4.99 Å². The smallest absolute Gasteiger partial charge is 0.191 e. The fraction of sp³-hybridized carbons (Fsp3) is 0.708. The number of likely N-dealkylation sites (tertiary alicyclic amines) is 2. The van der Waals surface area contributed by atoms with Gasteiger partial charge in [0.1, 0.15) is 0 Å². The molecular formula is C24H41N5. The normalized spacial score (nSPS) is 20.4. The molecule has 1 aromatic rings. The van der Waals surface area contributed by atoms with Crippen molar-refractivity contribution in [3.8, 4) is 0 Å². The van der Waals surface area contributed by atoms with Crippen LogP contribution in [0.25, 0.3) is 0 Å². The molecule has 3 rings (SSSR count). The van der Waals surface area contributed by atoms with Gasteiger partial charge < -0.3 is 15.5 Å². The first kappa shape index (κ1) is 22.1. The number of benzene rings is 1. The first-order valence-electron chi connectivity index (χ1n) is 11.8. The number of hydrogen-bond acceptors (Lipinski definition) is 3. The number of guanidine groups is 1. The molecule has 5 nitrogen and oxygen atoms in total. The van der Waals surface area contributed by atoms with Gasteiger partial charge in [-0.25, -0.2) is 0 Å². The summed E-state index contributed by atoms with van der Waals surface area (Å²) in [6.45, 7) is 10.3. The van der Waals surface area contributed by atoms with Gasteiger partial charge >= 0.3 is 0 Å². The van der Waals surface area contributed by atoms with Crippen molar-refractivity contribution in [2.45, 2.75) is 71.0 Å². The van der Waals surface area contributed by atoms with Gasteiger partial charge in [-0.2, -0.15) is 0 Å². The van der Waals surface area contributed by atoms with E-state index in [-0.39, 0.29) is 0 Å². The zero-order chi connectivity index (χ0) is 20.3. The van der Waals surface area contributed by atoms with E-state index in [2.05, 4.69) is 56.6 Å². The molecule has 0 aromatic heterocycles. The largest absolute Gasteiger partial charge is 0.354 e. The van der Waals surface area contributed by atoms with Crippen molar-refractivity contribution in [3.63, 3.8) is 0 Å². The van der Waals surface area contributed by atoms with E-state index in [1.165, 1.54) is 88.8 Å². The highest BCUT2D eigenvalue weighted by Crippen LogP contribution is 2.14. The summed E-state index contributed by atoms with van der Waals surface area (Å²) in [6.07, 6.45) is 9.15. The maximum absolute atomic E-state index is 4.43. The third-order valence-corrected chi connectivity index (χ3v) is 6.28. The third kappa shape index (κ3) is 7.63. The van der Waals surface area contributed by atoms with Crippen LogP contribution in [0.4, 0.5) is 0 Å². The standard InChI is InChI=1S/C24H41N5/c1-3-14-28-17-12-23(13-18-28)27-24(25-2)26-19-21-8-10-22(11-9-21)20-29-15-6-4-5-7-16-29/h8-11,23H,3-7,12-20H2,1-2H3,(H2,25,26,27). The molecule has 0 radical (unpaired) electrons. The Bertz CT molecular complexity index is 596. The highest BCUT2D eigenvalue weighted by molar-refractivity contribution is 5.79. The molecular weight excluding hydrogens is 358 g/mol. The Hall–Kier alpha value is -1.59. The minimum Gasteiger partial charge on any atom is -0.354 e. The average Bonchev–Trinajstić information content (AvgIpc) is 3.02. The van der Waals surface area contributed by atoms with E-state index in [1.54, 1.807) is 0 Å². The van der Waals surface area contributed by atoms with Crippen molar-refractivity contribution < 1.29 is 0 Å². The molecule has 0 atom stereocenters. The monoisotopic (exact) mass is 399 g/mol. The Balaban J connectivity index is 1.40. The van der Waals surface area contributed by atoms with Gasteiger partial charge in [-0.3, -0.25) is 9.89 Å². The molecule has 2 aliphatic rings. The van der Waals surface area contributed by atoms with Crippen LogP contribution in [0.1, 0.15) is 63.0 Å². The van der Waals surface area contributed by atoms with Crippen molar-refractivity contribution in [3.05, 3.63) is 35.4 Å². The molecule has 2 fully saturated rings. The van der Waals surface area contributed by atoms with E-state index in [9.17, 15) is 0 Å². The summed E-state index contributed by atoms with van der Waals surface area (Å²) in [5.41, 5.74) is 2.74. The second-order valence-corrected chi connectivity index (χ2v) is 8.69. The average molecular weight is 400 g/mol. The number of aliphatic imine (C=N–C) groups is 1. The van der Waals surface area contributed by atoms with Gasteiger partial charge in [-0.1, -0.05) is 44.0 Å². The van der Waals surface area contributed by atoms with E-state index >= 15 is 0 Å². The summed E-state index contributed by atoms with van der Waals surface area (Å²) >= 11 is 0. The molecule has 0 amide bonds. The van der Waals surface area contributed by atoms with Gasteiger partial charge in [0.25, 0.3) is 0 Å². The molecule has 1 aromatic carbocycles. The SMILES string of the molecule is CCCN1CCC(NC(=NC)NCc2ccc(CN3CCCCCC3)cc2)CC1. The van der Waals surface area contributed by atoms with Crippen LogP contribution in [0.15, 0.2) is 29.3 Å². The fourth-order valence-corrected chi connectivity index (χ4v) is 4.51. The van der Waals surface area contributed by atoms with Crippen LogP contribution in [-0.2, 0) is 13.1 Å². The molecule has 2 N–H and O–H groups in total. The Kier molecular flexibility index (Phi) is 9.29. The van der Waals surface area contributed by atoms with Gasteiger partial charge in [0, 0.05) is 39.3 Å². The molecule has 5 heteroatoms. The van der Waals surface area contributed by atoms with Crippen molar-refractivity contribution in [1.82, 2.24) is 20.4 Å². The Labute approximate surface area is 178 Å². The van der Waals surface area contributed by atoms with Gasteiger partial charge in [0.2, 0.25) is 0 Å². The zero-order valence-electron chi connectivity index (χ0n) is 18.6. The Morgan fingerprint density at radius 2 is 1.59 bits per heavy atom. The van der Waals surface area contributed by atoms with E-state index in [0.717, 1.165) is 19.0 Å². The third-order valence-electron chi connectivity index (χ3n) is 6.28. The molecule has 2 aliphatic heterocycles. The summed E-state index contributed by atoms with van der Waals surface area (Å²) in [5.74, 6) is 0.924. The van der Waals surface area contributed by atoms with Crippen LogP contribution >= 0.6 is 0 Å². The molecule has 0 bridgehead atoms. The number of hydrogen-bond donors (Lipinski definition) is 2.